The largest absolute Gasteiger partial charge is 0.489 e. The summed E-state index contributed by atoms with van der Waals surface area (Å²) in [6, 6.07) is 28.1. The first-order valence-electron chi connectivity index (χ1n) is 14.0. The van der Waals surface area contributed by atoms with Gasteiger partial charge in [-0.1, -0.05) is 102 Å². The number of hydrogen-bond donors (Lipinski definition) is 1. The second-order valence-electron chi connectivity index (χ2n) is 10.3. The van der Waals surface area contributed by atoms with Crippen LogP contribution in [0.15, 0.2) is 113 Å². The molecular weight excluding hydrogens is 634 g/mol. The van der Waals surface area contributed by atoms with E-state index in [9.17, 15) is 9.18 Å². The number of carbonyl (C=O) groups is 1. The van der Waals surface area contributed by atoms with E-state index in [1.807, 2.05) is 60.7 Å². The van der Waals surface area contributed by atoms with Crippen LogP contribution in [0.25, 0.3) is 0 Å². The van der Waals surface area contributed by atoms with Gasteiger partial charge in [-0.2, -0.15) is 4.98 Å². The monoisotopic (exact) mass is 660 g/mol. The highest BCUT2D eigenvalue weighted by atomic mass is 35.5. The summed E-state index contributed by atoms with van der Waals surface area (Å²) in [5.74, 6) is 0.586. The molecule has 0 spiro atoms. The number of thioether (sulfide) groups is 1. The van der Waals surface area contributed by atoms with Gasteiger partial charge in [-0.15, -0.1) is 5.10 Å². The van der Waals surface area contributed by atoms with Crippen molar-refractivity contribution in [1.29, 1.82) is 0 Å². The number of fused-ring (bicyclic) bond motifs is 1. The predicted octanol–water partition coefficient (Wildman–Crippen LogP) is 8.63. The lowest BCUT2D eigenvalue weighted by atomic mass is 9.95. The van der Waals surface area contributed by atoms with Gasteiger partial charge in [0, 0.05) is 27.1 Å². The molecular formula is C34H27Cl2FN4O3S. The molecule has 6 rings (SSSR count). The molecule has 0 amide bonds. The van der Waals surface area contributed by atoms with E-state index >= 15 is 0 Å². The fraction of sp³-hybridized carbons (Fsp3) is 0.147. The summed E-state index contributed by atoms with van der Waals surface area (Å²) in [5, 5.41) is 9.45. The number of rotatable bonds is 10. The maximum atomic E-state index is 14.3. The number of nitrogens with zero attached hydrogens (tertiary/aromatic N) is 3. The van der Waals surface area contributed by atoms with E-state index in [0.29, 0.717) is 49.5 Å². The summed E-state index contributed by atoms with van der Waals surface area (Å²) in [4.78, 5) is 18.4. The van der Waals surface area contributed by atoms with Crippen LogP contribution >= 0.6 is 35.0 Å². The maximum Gasteiger partial charge on any atom is 0.338 e. The molecule has 0 aliphatic carbocycles. The first kappa shape index (κ1) is 30.7. The fourth-order valence-electron chi connectivity index (χ4n) is 4.90. The number of anilines is 1. The number of nitrogens with one attached hydrogen (secondary N) is 1. The van der Waals surface area contributed by atoms with Crippen molar-refractivity contribution in [1.82, 2.24) is 14.8 Å². The van der Waals surface area contributed by atoms with Gasteiger partial charge in [0.15, 0.2) is 0 Å². The van der Waals surface area contributed by atoms with E-state index in [1.165, 1.54) is 17.8 Å². The quantitative estimate of drug-likeness (QED) is 0.119. The number of halogens is 3. The molecule has 0 saturated heterocycles. The zero-order chi connectivity index (χ0) is 31.3. The molecule has 11 heteroatoms. The Morgan fingerprint density at radius 3 is 2.56 bits per heavy atom. The zero-order valence-electron chi connectivity index (χ0n) is 24.0. The number of esters is 1. The lowest BCUT2D eigenvalue weighted by molar-refractivity contribution is -0.140. The third-order valence-corrected chi connectivity index (χ3v) is 8.64. The molecule has 1 aliphatic heterocycles. The smallest absolute Gasteiger partial charge is 0.338 e. The minimum atomic E-state index is -0.678. The molecule has 0 radical (unpaired) electrons. The van der Waals surface area contributed by atoms with E-state index < -0.39 is 12.0 Å². The molecule has 0 fully saturated rings. The molecule has 7 nitrogen and oxygen atoms in total. The third kappa shape index (κ3) is 7.17. The van der Waals surface area contributed by atoms with Crippen LogP contribution in [0.4, 0.5) is 10.3 Å². The Morgan fingerprint density at radius 2 is 1.76 bits per heavy atom. The average molecular weight is 662 g/mol. The molecule has 45 heavy (non-hydrogen) atoms. The van der Waals surface area contributed by atoms with Gasteiger partial charge in [0.1, 0.15) is 30.8 Å². The van der Waals surface area contributed by atoms with E-state index in [-0.39, 0.29) is 19.0 Å². The maximum absolute atomic E-state index is 14.3. The molecule has 228 valence electrons. The van der Waals surface area contributed by atoms with Gasteiger partial charge in [0.2, 0.25) is 11.1 Å². The van der Waals surface area contributed by atoms with Crippen LogP contribution in [0.1, 0.15) is 35.2 Å². The highest BCUT2D eigenvalue weighted by Crippen LogP contribution is 2.38. The van der Waals surface area contributed by atoms with Crippen molar-refractivity contribution < 1.29 is 18.7 Å². The zero-order valence-corrected chi connectivity index (χ0v) is 26.4. The van der Waals surface area contributed by atoms with Crippen LogP contribution in [-0.4, -0.2) is 20.7 Å². The molecule has 1 aromatic heterocycles. The molecule has 4 aromatic carbocycles. The van der Waals surface area contributed by atoms with Crippen molar-refractivity contribution >= 4 is 46.9 Å². The van der Waals surface area contributed by atoms with Crippen molar-refractivity contribution in [3.63, 3.8) is 0 Å². The standard InChI is InChI=1S/C34H27Cl2FN4O3S/c1-21-30(32(42)44-18-22-8-3-2-4-9-22)31(23-11-7-12-27(16-23)43-19-24-14-15-26(35)17-28(24)36)41-33(38-21)39-34(40-41)45-20-25-10-5-6-13-29(25)37/h2-17,31H,18-20H2,1H3,(H,38,39,40). The molecule has 1 unspecified atom stereocenters. The lowest BCUT2D eigenvalue weighted by Crippen LogP contribution is -2.29. The van der Waals surface area contributed by atoms with Gasteiger partial charge in [0.05, 0.1) is 5.57 Å². The number of aromatic nitrogens is 3. The molecule has 1 atom stereocenters. The Kier molecular flexibility index (Phi) is 9.39. The summed E-state index contributed by atoms with van der Waals surface area (Å²) >= 11 is 13.7. The molecule has 1 N–H and O–H groups in total. The minimum absolute atomic E-state index is 0.113. The van der Waals surface area contributed by atoms with Crippen molar-refractivity contribution in [2.24, 2.45) is 0 Å². The number of ether oxygens (including phenoxy) is 2. The van der Waals surface area contributed by atoms with Gasteiger partial charge in [-0.3, -0.25) is 0 Å². The first-order valence-corrected chi connectivity index (χ1v) is 15.8. The first-order chi connectivity index (χ1) is 21.9. The Labute approximate surface area is 274 Å². The van der Waals surface area contributed by atoms with Gasteiger partial charge in [-0.25, -0.2) is 13.9 Å². The van der Waals surface area contributed by atoms with E-state index in [4.69, 9.17) is 37.8 Å². The molecule has 0 saturated carbocycles. The Balaban J connectivity index is 1.31. The fourth-order valence-corrected chi connectivity index (χ4v) is 6.18. The second-order valence-corrected chi connectivity index (χ2v) is 12.1. The van der Waals surface area contributed by atoms with Crippen LogP contribution < -0.4 is 10.1 Å². The van der Waals surface area contributed by atoms with Crippen molar-refractivity contribution in [3.05, 3.63) is 146 Å². The molecule has 2 heterocycles. The van der Waals surface area contributed by atoms with Gasteiger partial charge in [-0.05, 0) is 53.9 Å². The number of allylic oxidation sites excluding steroid dienone is 1. The SMILES string of the molecule is CC1=C(C(=O)OCc2ccccc2)C(c2cccc(OCc3ccc(Cl)cc3Cl)c2)n2nc(SCc3ccccc3F)nc2N1. The van der Waals surface area contributed by atoms with Crippen LogP contribution in [0.3, 0.4) is 0 Å². The van der Waals surface area contributed by atoms with E-state index in [1.54, 1.807) is 41.9 Å². The van der Waals surface area contributed by atoms with Crippen LogP contribution in [0.5, 0.6) is 5.75 Å². The van der Waals surface area contributed by atoms with Gasteiger partial charge in [0.25, 0.3) is 0 Å². The van der Waals surface area contributed by atoms with Crippen molar-refractivity contribution in [2.45, 2.75) is 37.1 Å². The molecule has 5 aromatic rings. The highest BCUT2D eigenvalue weighted by molar-refractivity contribution is 7.98. The summed E-state index contributed by atoms with van der Waals surface area (Å²) < 4.78 is 27.8. The van der Waals surface area contributed by atoms with Crippen LogP contribution in [-0.2, 0) is 28.5 Å². The summed E-state index contributed by atoms with van der Waals surface area (Å²) in [6.07, 6.45) is 0. The Hall–Kier alpha value is -4.31. The number of carbonyl (C=O) groups excluding carboxylic acids is 1. The third-order valence-electron chi connectivity index (χ3n) is 7.16. The summed E-state index contributed by atoms with van der Waals surface area (Å²) in [7, 11) is 0. The Bertz CT molecular complexity index is 1880. The second kappa shape index (κ2) is 13.8. The van der Waals surface area contributed by atoms with Crippen LogP contribution in [0, 0.1) is 5.82 Å². The molecule has 0 bridgehead atoms. The van der Waals surface area contributed by atoms with Crippen LogP contribution in [0.2, 0.25) is 10.0 Å². The normalized spacial score (nSPS) is 14.1. The van der Waals surface area contributed by atoms with E-state index in [2.05, 4.69) is 10.3 Å². The number of hydrogen-bond acceptors (Lipinski definition) is 7. The van der Waals surface area contributed by atoms with E-state index in [0.717, 1.165) is 16.7 Å². The summed E-state index contributed by atoms with van der Waals surface area (Å²) in [5.41, 5.74) is 3.90. The summed E-state index contributed by atoms with van der Waals surface area (Å²) in [6.45, 7) is 2.14. The van der Waals surface area contributed by atoms with Gasteiger partial charge >= 0.3 is 5.97 Å². The topological polar surface area (TPSA) is 78.3 Å². The van der Waals surface area contributed by atoms with Crippen molar-refractivity contribution in [2.75, 3.05) is 5.32 Å². The number of benzene rings is 4. The average Bonchev–Trinajstić information content (AvgIpc) is 3.45. The Morgan fingerprint density at radius 1 is 0.956 bits per heavy atom. The minimum Gasteiger partial charge on any atom is -0.489 e. The predicted molar refractivity (Wildman–Crippen MR) is 174 cm³/mol. The highest BCUT2D eigenvalue weighted by Gasteiger charge is 2.35. The molecule has 1 aliphatic rings. The van der Waals surface area contributed by atoms with Crippen molar-refractivity contribution in [3.8, 4) is 5.75 Å². The lowest BCUT2D eigenvalue weighted by Gasteiger charge is -2.28. The van der Waals surface area contributed by atoms with Gasteiger partial charge < -0.3 is 14.8 Å².